The Morgan fingerprint density at radius 1 is 0.857 bits per heavy atom. The lowest BCUT2D eigenvalue weighted by atomic mass is 10.2. The van der Waals surface area contributed by atoms with Crippen molar-refractivity contribution < 1.29 is 9.53 Å². The van der Waals surface area contributed by atoms with Crippen molar-refractivity contribution in [2.75, 3.05) is 0 Å². The van der Waals surface area contributed by atoms with E-state index in [0.717, 1.165) is 84.2 Å². The van der Waals surface area contributed by atoms with Gasteiger partial charge in [-0.05, 0) is 37.1 Å². The van der Waals surface area contributed by atoms with Crippen molar-refractivity contribution in [3.8, 4) is 11.4 Å². The van der Waals surface area contributed by atoms with Crippen LogP contribution >= 0.6 is 0 Å². The highest BCUT2D eigenvalue weighted by atomic mass is 16.5. The maximum atomic E-state index is 12.7. The summed E-state index contributed by atoms with van der Waals surface area (Å²) in [5.74, 6) is 1.27. The molecule has 6 nitrogen and oxygen atoms in total. The number of nitrogens with zero attached hydrogens (tertiary/aromatic N) is 4. The minimum absolute atomic E-state index is 0.216. The number of aromatic nitrogens is 4. The van der Waals surface area contributed by atoms with Crippen LogP contribution in [0.5, 0.6) is 5.75 Å². The number of esters is 1. The second kappa shape index (κ2) is 10.3. The number of fused-ring (bicyclic) bond motifs is 5. The Kier molecular flexibility index (Phi) is 6.80. The first-order valence-electron chi connectivity index (χ1n) is 12.8. The van der Waals surface area contributed by atoms with Gasteiger partial charge in [0, 0.05) is 18.5 Å². The van der Waals surface area contributed by atoms with Gasteiger partial charge in [0.2, 0.25) is 0 Å². The molecule has 0 N–H and O–H groups in total. The van der Waals surface area contributed by atoms with Gasteiger partial charge in [-0.15, -0.1) is 0 Å². The molecular weight excluding hydrogens is 436 g/mol. The van der Waals surface area contributed by atoms with Crippen LogP contribution in [0.1, 0.15) is 64.6 Å². The van der Waals surface area contributed by atoms with Crippen LogP contribution in [0, 0.1) is 0 Å². The number of rotatable bonds is 10. The Bertz CT molecular complexity index is 1470. The van der Waals surface area contributed by atoms with Crippen molar-refractivity contribution in [2.24, 2.45) is 0 Å². The molecule has 35 heavy (non-hydrogen) atoms. The second-order valence-corrected chi connectivity index (χ2v) is 9.07. The number of ether oxygens (including phenoxy) is 1. The molecule has 0 aliphatic carbocycles. The predicted molar refractivity (Wildman–Crippen MR) is 140 cm³/mol. The number of hydrogen-bond donors (Lipinski definition) is 0. The number of imidazole rings is 1. The van der Waals surface area contributed by atoms with Gasteiger partial charge in [0.1, 0.15) is 11.2 Å². The van der Waals surface area contributed by atoms with Gasteiger partial charge in [0.05, 0.1) is 17.2 Å². The average molecular weight is 469 g/mol. The standard InChI is InChI=1S/C29H32N4O2/c1-3-5-8-18-25-31-28-27(29-30-22-16-12-13-17-23(22)33(25)29)24(35-26(34)19-9-6-4-2)20-32(28)21-14-10-7-11-15-21/h7,10-17,20H,3-6,8-9,18-19H2,1-2H3. The zero-order valence-electron chi connectivity index (χ0n) is 20.5. The van der Waals surface area contributed by atoms with E-state index >= 15 is 0 Å². The highest BCUT2D eigenvalue weighted by molar-refractivity contribution is 6.01. The molecular formula is C29H32N4O2. The Balaban J connectivity index is 1.74. The molecule has 5 aromatic rings. The molecule has 6 heteroatoms. The number of benzene rings is 2. The molecule has 0 aliphatic rings. The van der Waals surface area contributed by atoms with Crippen LogP contribution < -0.4 is 4.74 Å². The minimum atomic E-state index is -0.216. The fourth-order valence-corrected chi connectivity index (χ4v) is 4.68. The van der Waals surface area contributed by atoms with Crippen molar-refractivity contribution in [2.45, 2.75) is 65.2 Å². The molecule has 0 saturated heterocycles. The third kappa shape index (κ3) is 4.53. The van der Waals surface area contributed by atoms with Crippen LogP contribution in [-0.4, -0.2) is 24.9 Å². The summed E-state index contributed by atoms with van der Waals surface area (Å²) in [6.45, 7) is 4.34. The summed E-state index contributed by atoms with van der Waals surface area (Å²) < 4.78 is 10.1. The lowest BCUT2D eigenvalue weighted by Crippen LogP contribution is -2.08. The predicted octanol–water partition coefficient (Wildman–Crippen LogP) is 7.04. The fourth-order valence-electron chi connectivity index (χ4n) is 4.68. The van der Waals surface area contributed by atoms with Crippen LogP contribution in [0.25, 0.3) is 33.4 Å². The number of para-hydroxylation sites is 3. The highest BCUT2D eigenvalue weighted by Gasteiger charge is 2.23. The largest absolute Gasteiger partial charge is 0.424 e. The molecule has 180 valence electrons. The van der Waals surface area contributed by atoms with Gasteiger partial charge in [-0.25, -0.2) is 9.97 Å². The first-order chi connectivity index (χ1) is 17.2. The van der Waals surface area contributed by atoms with Crippen LogP contribution in [0.15, 0.2) is 60.8 Å². The van der Waals surface area contributed by atoms with Gasteiger partial charge < -0.3 is 4.74 Å². The number of carbonyl (C=O) groups is 1. The Morgan fingerprint density at radius 3 is 2.40 bits per heavy atom. The number of hydrogen-bond acceptors (Lipinski definition) is 4. The summed E-state index contributed by atoms with van der Waals surface area (Å²) in [6, 6.07) is 18.2. The van der Waals surface area contributed by atoms with E-state index in [9.17, 15) is 4.79 Å². The van der Waals surface area contributed by atoms with E-state index in [1.54, 1.807) is 0 Å². The van der Waals surface area contributed by atoms with E-state index in [1.165, 1.54) is 0 Å². The molecule has 0 fully saturated rings. The van der Waals surface area contributed by atoms with E-state index in [4.69, 9.17) is 14.7 Å². The van der Waals surface area contributed by atoms with Gasteiger partial charge in [-0.2, -0.15) is 0 Å². The number of unbranched alkanes of at least 4 members (excludes halogenated alkanes) is 4. The Hall–Kier alpha value is -3.67. The quantitative estimate of drug-likeness (QED) is 0.163. The molecule has 3 aromatic heterocycles. The molecule has 0 unspecified atom stereocenters. The van der Waals surface area contributed by atoms with E-state index in [-0.39, 0.29) is 5.97 Å². The first-order valence-corrected chi connectivity index (χ1v) is 12.8. The monoisotopic (exact) mass is 468 g/mol. The van der Waals surface area contributed by atoms with Crippen molar-refractivity contribution in [3.63, 3.8) is 0 Å². The zero-order chi connectivity index (χ0) is 24.2. The van der Waals surface area contributed by atoms with Gasteiger partial charge >= 0.3 is 5.97 Å². The first kappa shape index (κ1) is 23.1. The lowest BCUT2D eigenvalue weighted by molar-refractivity contribution is -0.134. The summed E-state index contributed by atoms with van der Waals surface area (Å²) in [4.78, 5) is 22.9. The van der Waals surface area contributed by atoms with Crippen LogP contribution in [0.2, 0.25) is 0 Å². The van der Waals surface area contributed by atoms with Gasteiger partial charge in [-0.1, -0.05) is 69.9 Å². The van der Waals surface area contributed by atoms with Crippen LogP contribution in [-0.2, 0) is 11.2 Å². The smallest absolute Gasteiger partial charge is 0.311 e. The topological polar surface area (TPSA) is 61.4 Å². The van der Waals surface area contributed by atoms with Crippen molar-refractivity contribution >= 4 is 33.7 Å². The molecule has 0 amide bonds. The third-order valence-corrected chi connectivity index (χ3v) is 6.47. The summed E-state index contributed by atoms with van der Waals surface area (Å²) in [5, 5.41) is 0.771. The molecule has 3 heterocycles. The summed E-state index contributed by atoms with van der Waals surface area (Å²) >= 11 is 0. The normalized spacial score (nSPS) is 11.6. The van der Waals surface area contributed by atoms with Crippen molar-refractivity contribution in [1.29, 1.82) is 0 Å². The minimum Gasteiger partial charge on any atom is -0.424 e. The molecule has 0 spiro atoms. The second-order valence-electron chi connectivity index (χ2n) is 9.07. The molecule has 0 radical (unpaired) electrons. The SMILES string of the molecule is CCCCCC(=O)Oc1cn(-c2ccccc2)c2nc(CCCCC)n3c4ccccc4nc3c12. The van der Waals surface area contributed by atoms with E-state index < -0.39 is 0 Å². The molecule has 0 atom stereocenters. The van der Waals surface area contributed by atoms with E-state index in [0.29, 0.717) is 12.2 Å². The van der Waals surface area contributed by atoms with Gasteiger partial charge in [0.25, 0.3) is 0 Å². The fraction of sp³-hybridized carbons (Fsp3) is 0.345. The van der Waals surface area contributed by atoms with Gasteiger partial charge in [-0.3, -0.25) is 13.8 Å². The molecule has 5 rings (SSSR count). The lowest BCUT2D eigenvalue weighted by Gasteiger charge is -2.10. The molecule has 0 bridgehead atoms. The summed E-state index contributed by atoms with van der Waals surface area (Å²) in [6.07, 6.45) is 9.40. The number of aryl methyl sites for hydroxylation is 1. The molecule has 0 saturated carbocycles. The zero-order valence-corrected chi connectivity index (χ0v) is 20.5. The van der Waals surface area contributed by atoms with E-state index in [2.05, 4.69) is 24.3 Å². The van der Waals surface area contributed by atoms with Gasteiger partial charge in [0.15, 0.2) is 17.0 Å². The Morgan fingerprint density at radius 2 is 1.60 bits per heavy atom. The van der Waals surface area contributed by atoms with Crippen LogP contribution in [0.4, 0.5) is 0 Å². The van der Waals surface area contributed by atoms with E-state index in [1.807, 2.05) is 59.3 Å². The molecule has 0 aliphatic heterocycles. The number of carbonyl (C=O) groups excluding carboxylic acids is 1. The summed E-state index contributed by atoms with van der Waals surface area (Å²) in [7, 11) is 0. The maximum Gasteiger partial charge on any atom is 0.311 e. The third-order valence-electron chi connectivity index (χ3n) is 6.47. The van der Waals surface area contributed by atoms with Crippen LogP contribution in [0.3, 0.4) is 0 Å². The van der Waals surface area contributed by atoms with Crippen molar-refractivity contribution in [3.05, 3.63) is 66.6 Å². The highest BCUT2D eigenvalue weighted by Crippen LogP contribution is 2.35. The van der Waals surface area contributed by atoms with Crippen molar-refractivity contribution in [1.82, 2.24) is 18.9 Å². The Labute approximate surface area is 205 Å². The maximum absolute atomic E-state index is 12.7. The average Bonchev–Trinajstić information content (AvgIpc) is 3.43. The summed E-state index contributed by atoms with van der Waals surface area (Å²) in [5.41, 5.74) is 4.45. The molecule has 2 aromatic carbocycles.